The number of anilines is 1. The first-order valence-electron chi connectivity index (χ1n) is 8.91. The number of nitrogens with one attached hydrogen (secondary N) is 1. The van der Waals surface area contributed by atoms with Crippen molar-refractivity contribution in [2.24, 2.45) is 17.8 Å². The lowest BCUT2D eigenvalue weighted by molar-refractivity contribution is -0.136. The zero-order valence-electron chi connectivity index (χ0n) is 14.4. The van der Waals surface area contributed by atoms with Gasteiger partial charge in [0.05, 0.1) is 0 Å². The molecule has 2 aliphatic carbocycles. The molecule has 2 fully saturated rings. The topological polar surface area (TPSA) is 46.2 Å². The van der Waals surface area contributed by atoms with Crippen molar-refractivity contribution < 1.29 is 9.59 Å². The van der Waals surface area contributed by atoms with E-state index in [9.17, 15) is 9.59 Å². The van der Waals surface area contributed by atoms with Crippen LogP contribution in [-0.2, 0) is 9.59 Å². The molecule has 2 saturated carbocycles. The Hall–Kier alpha value is -1.64. The molecule has 0 heterocycles. The number of ketones is 1. The van der Waals surface area contributed by atoms with Crippen molar-refractivity contribution in [3.05, 3.63) is 29.3 Å². The summed E-state index contributed by atoms with van der Waals surface area (Å²) in [5.74, 6) is 1.13. The minimum Gasteiger partial charge on any atom is -0.325 e. The van der Waals surface area contributed by atoms with Crippen LogP contribution >= 0.6 is 0 Å². The van der Waals surface area contributed by atoms with Gasteiger partial charge in [0.15, 0.2) is 0 Å². The second-order valence-corrected chi connectivity index (χ2v) is 7.58. The van der Waals surface area contributed by atoms with E-state index in [4.69, 9.17) is 0 Å². The number of amides is 1. The third-order valence-electron chi connectivity index (χ3n) is 5.59. The highest BCUT2D eigenvalue weighted by Crippen LogP contribution is 2.40. The Labute approximate surface area is 138 Å². The molecule has 2 unspecified atom stereocenters. The first-order chi connectivity index (χ1) is 11.0. The van der Waals surface area contributed by atoms with Crippen LogP contribution in [0.1, 0.15) is 63.0 Å². The van der Waals surface area contributed by atoms with E-state index in [1.165, 1.54) is 5.56 Å². The summed E-state index contributed by atoms with van der Waals surface area (Å²) in [7, 11) is 0. The standard InChI is InChI=1S/C20H27NO2/c1-12(2)17-9-4-6-13(3)18(17)21-20(23)16-10-14-7-5-8-15(11-16)19(14)22/h4,6,9,12,14-16H,5,7-8,10-11H2,1-3H3,(H,21,23). The number of hydrogen-bond donors (Lipinski definition) is 1. The van der Waals surface area contributed by atoms with Gasteiger partial charge in [-0.3, -0.25) is 9.59 Å². The van der Waals surface area contributed by atoms with Gasteiger partial charge in [-0.05, 0) is 49.7 Å². The molecule has 3 rings (SSSR count). The predicted molar refractivity (Wildman–Crippen MR) is 92.5 cm³/mol. The van der Waals surface area contributed by atoms with Crippen LogP contribution in [0.15, 0.2) is 18.2 Å². The number of hydrogen-bond acceptors (Lipinski definition) is 2. The quantitative estimate of drug-likeness (QED) is 0.896. The number of para-hydroxylation sites is 1. The maximum Gasteiger partial charge on any atom is 0.227 e. The average molecular weight is 313 g/mol. The van der Waals surface area contributed by atoms with Crippen LogP contribution in [-0.4, -0.2) is 11.7 Å². The molecule has 2 atom stereocenters. The van der Waals surface area contributed by atoms with Gasteiger partial charge in [-0.15, -0.1) is 0 Å². The number of rotatable bonds is 3. The van der Waals surface area contributed by atoms with Crippen LogP contribution in [0.25, 0.3) is 0 Å². The van der Waals surface area contributed by atoms with Crippen molar-refractivity contribution in [3.8, 4) is 0 Å². The van der Waals surface area contributed by atoms with Gasteiger partial charge in [-0.2, -0.15) is 0 Å². The number of Topliss-reactive ketones (excluding diaryl/α,β-unsaturated/α-hetero) is 1. The highest BCUT2D eigenvalue weighted by molar-refractivity contribution is 5.96. The Morgan fingerprint density at radius 3 is 2.43 bits per heavy atom. The van der Waals surface area contributed by atoms with E-state index in [0.717, 1.165) is 43.4 Å². The van der Waals surface area contributed by atoms with Crippen LogP contribution in [0.2, 0.25) is 0 Å². The molecule has 23 heavy (non-hydrogen) atoms. The van der Waals surface area contributed by atoms with E-state index >= 15 is 0 Å². The minimum atomic E-state index is -0.0115. The fourth-order valence-electron chi connectivity index (χ4n) is 4.26. The van der Waals surface area contributed by atoms with E-state index in [2.05, 4.69) is 25.2 Å². The van der Waals surface area contributed by atoms with Gasteiger partial charge in [0.1, 0.15) is 5.78 Å². The summed E-state index contributed by atoms with van der Waals surface area (Å²) in [6.07, 6.45) is 4.57. The zero-order chi connectivity index (χ0) is 16.6. The largest absolute Gasteiger partial charge is 0.325 e. The van der Waals surface area contributed by atoms with Gasteiger partial charge in [0.2, 0.25) is 5.91 Å². The lowest BCUT2D eigenvalue weighted by atomic mass is 9.67. The summed E-state index contributed by atoms with van der Waals surface area (Å²) >= 11 is 0. The SMILES string of the molecule is Cc1cccc(C(C)C)c1NC(=O)C1CC2CCCC(C1)C2=O. The van der Waals surface area contributed by atoms with Gasteiger partial charge in [-0.25, -0.2) is 0 Å². The molecule has 2 bridgehead atoms. The monoisotopic (exact) mass is 313 g/mol. The Morgan fingerprint density at radius 1 is 1.17 bits per heavy atom. The minimum absolute atomic E-state index is 0.0115. The molecule has 1 amide bonds. The van der Waals surface area contributed by atoms with Crippen LogP contribution in [0, 0.1) is 24.7 Å². The van der Waals surface area contributed by atoms with E-state index in [-0.39, 0.29) is 23.7 Å². The molecule has 1 N–H and O–H groups in total. The van der Waals surface area contributed by atoms with Gasteiger partial charge in [0, 0.05) is 23.4 Å². The summed E-state index contributed by atoms with van der Waals surface area (Å²) in [4.78, 5) is 25.0. The normalized spacial score (nSPS) is 27.1. The molecule has 0 spiro atoms. The summed E-state index contributed by atoms with van der Waals surface area (Å²) < 4.78 is 0. The molecule has 3 heteroatoms. The van der Waals surface area contributed by atoms with E-state index < -0.39 is 0 Å². The lowest BCUT2D eigenvalue weighted by Gasteiger charge is -2.37. The predicted octanol–water partition coefficient (Wildman–Crippen LogP) is 4.45. The van der Waals surface area contributed by atoms with Crippen molar-refractivity contribution in [3.63, 3.8) is 0 Å². The summed E-state index contributed by atoms with van der Waals surface area (Å²) in [6.45, 7) is 6.34. The maximum atomic E-state index is 12.8. The summed E-state index contributed by atoms with van der Waals surface area (Å²) in [6, 6.07) is 6.18. The molecule has 0 radical (unpaired) electrons. The molecule has 124 valence electrons. The van der Waals surface area contributed by atoms with Crippen LogP contribution in [0.5, 0.6) is 0 Å². The summed E-state index contributed by atoms with van der Waals surface area (Å²) in [5, 5.41) is 3.18. The summed E-state index contributed by atoms with van der Waals surface area (Å²) in [5.41, 5.74) is 3.26. The number of fused-ring (bicyclic) bond motifs is 2. The molecule has 0 saturated heterocycles. The molecular weight excluding hydrogens is 286 g/mol. The van der Waals surface area contributed by atoms with Gasteiger partial charge in [-0.1, -0.05) is 38.5 Å². The third-order valence-corrected chi connectivity index (χ3v) is 5.59. The van der Waals surface area contributed by atoms with Crippen molar-refractivity contribution >= 4 is 17.4 Å². The van der Waals surface area contributed by atoms with Gasteiger partial charge >= 0.3 is 0 Å². The fourth-order valence-corrected chi connectivity index (χ4v) is 4.26. The van der Waals surface area contributed by atoms with Gasteiger partial charge in [0.25, 0.3) is 0 Å². The smallest absolute Gasteiger partial charge is 0.227 e. The molecule has 0 aromatic heterocycles. The first-order valence-corrected chi connectivity index (χ1v) is 8.91. The molecule has 0 aliphatic heterocycles. The molecule has 3 nitrogen and oxygen atoms in total. The molecule has 1 aromatic carbocycles. The second kappa shape index (κ2) is 6.46. The second-order valence-electron chi connectivity index (χ2n) is 7.58. The Bertz CT molecular complexity index is 604. The highest BCUT2D eigenvalue weighted by atomic mass is 16.2. The van der Waals surface area contributed by atoms with E-state index in [1.54, 1.807) is 0 Å². The van der Waals surface area contributed by atoms with E-state index in [1.807, 2.05) is 19.1 Å². The lowest BCUT2D eigenvalue weighted by Crippen LogP contribution is -2.40. The van der Waals surface area contributed by atoms with E-state index in [0.29, 0.717) is 11.7 Å². The van der Waals surface area contributed by atoms with Crippen molar-refractivity contribution in [2.45, 2.75) is 58.8 Å². The zero-order valence-corrected chi connectivity index (χ0v) is 14.4. The Kier molecular flexibility index (Phi) is 4.56. The molecule has 2 aliphatic rings. The molecule has 1 aromatic rings. The van der Waals surface area contributed by atoms with Crippen molar-refractivity contribution in [1.29, 1.82) is 0 Å². The van der Waals surface area contributed by atoms with Crippen LogP contribution < -0.4 is 5.32 Å². The van der Waals surface area contributed by atoms with Crippen molar-refractivity contribution in [2.75, 3.05) is 5.32 Å². The number of carbonyl (C=O) groups is 2. The number of carbonyl (C=O) groups excluding carboxylic acids is 2. The highest BCUT2D eigenvalue weighted by Gasteiger charge is 2.41. The van der Waals surface area contributed by atoms with Crippen LogP contribution in [0.3, 0.4) is 0 Å². The van der Waals surface area contributed by atoms with Gasteiger partial charge < -0.3 is 5.32 Å². The third kappa shape index (κ3) is 3.19. The average Bonchev–Trinajstić information content (AvgIpc) is 2.48. The number of benzene rings is 1. The van der Waals surface area contributed by atoms with Crippen LogP contribution in [0.4, 0.5) is 5.69 Å². The fraction of sp³-hybridized carbons (Fsp3) is 0.600. The Balaban J connectivity index is 1.77. The Morgan fingerprint density at radius 2 is 1.83 bits per heavy atom. The van der Waals surface area contributed by atoms with Crippen molar-refractivity contribution in [1.82, 2.24) is 0 Å². The number of aryl methyl sites for hydroxylation is 1. The molecular formula is C20H27NO2. The maximum absolute atomic E-state index is 12.8. The first kappa shape index (κ1) is 16.2.